The first kappa shape index (κ1) is 23.7. The maximum atomic E-state index is 13.9. The molecule has 8 heteroatoms. The first-order chi connectivity index (χ1) is 15.5. The normalized spacial score (nSPS) is 33.4. The summed E-state index contributed by atoms with van der Waals surface area (Å²) in [5.74, 6) is -2.42. The number of para-hydroxylation sites is 1. The molecule has 3 heterocycles. The number of benzene rings is 1. The molecule has 2 bridgehead atoms. The first-order valence-corrected chi connectivity index (χ1v) is 11.7. The number of carbonyl (C=O) groups excluding carboxylic acids is 3. The second kappa shape index (κ2) is 8.09. The summed E-state index contributed by atoms with van der Waals surface area (Å²) >= 11 is 0. The molecule has 8 nitrogen and oxygen atoms in total. The van der Waals surface area contributed by atoms with Gasteiger partial charge in [0.05, 0.1) is 30.1 Å². The van der Waals surface area contributed by atoms with E-state index < -0.39 is 35.1 Å². The number of aliphatic hydroxyl groups excluding tert-OH is 1. The van der Waals surface area contributed by atoms with Gasteiger partial charge in [-0.25, -0.2) is 0 Å². The summed E-state index contributed by atoms with van der Waals surface area (Å²) < 4.78 is 6.55. The van der Waals surface area contributed by atoms with E-state index in [0.717, 1.165) is 11.1 Å². The van der Waals surface area contributed by atoms with E-state index >= 15 is 0 Å². The zero-order valence-electron chi connectivity index (χ0n) is 20.3. The third kappa shape index (κ3) is 3.29. The monoisotopic (exact) mass is 457 g/mol. The Kier molecular flexibility index (Phi) is 5.81. The number of nitrogens with zero attached hydrogens (tertiary/aromatic N) is 1. The van der Waals surface area contributed by atoms with Crippen LogP contribution in [0.3, 0.4) is 0 Å². The molecule has 180 valence electrons. The molecule has 3 fully saturated rings. The van der Waals surface area contributed by atoms with Gasteiger partial charge in [0.25, 0.3) is 0 Å². The van der Waals surface area contributed by atoms with E-state index in [-0.39, 0.29) is 30.2 Å². The van der Waals surface area contributed by atoms with Crippen LogP contribution in [-0.4, -0.2) is 64.7 Å². The van der Waals surface area contributed by atoms with Crippen molar-refractivity contribution in [2.75, 3.05) is 19.0 Å². The highest BCUT2D eigenvalue weighted by atomic mass is 16.5. The van der Waals surface area contributed by atoms with E-state index in [1.807, 2.05) is 52.8 Å². The van der Waals surface area contributed by atoms with Gasteiger partial charge in [-0.2, -0.15) is 0 Å². The van der Waals surface area contributed by atoms with Crippen molar-refractivity contribution in [2.24, 2.45) is 17.8 Å². The molecule has 6 atom stereocenters. The zero-order valence-corrected chi connectivity index (χ0v) is 20.3. The van der Waals surface area contributed by atoms with Gasteiger partial charge in [-0.05, 0) is 50.7 Å². The molecule has 3 amide bonds. The summed E-state index contributed by atoms with van der Waals surface area (Å²) in [7, 11) is 1.55. The van der Waals surface area contributed by atoms with E-state index in [1.54, 1.807) is 7.05 Å². The zero-order chi connectivity index (χ0) is 24.3. The molecule has 3 saturated heterocycles. The number of amides is 3. The lowest BCUT2D eigenvalue weighted by Gasteiger charge is -2.38. The minimum absolute atomic E-state index is 0.0871. The Morgan fingerprint density at radius 3 is 2.39 bits per heavy atom. The van der Waals surface area contributed by atoms with Crippen LogP contribution in [-0.2, 0) is 19.1 Å². The van der Waals surface area contributed by atoms with Gasteiger partial charge in [-0.1, -0.05) is 32.0 Å². The highest BCUT2D eigenvalue weighted by Gasteiger charge is 2.78. The van der Waals surface area contributed by atoms with Gasteiger partial charge in [-0.15, -0.1) is 0 Å². The van der Waals surface area contributed by atoms with E-state index in [1.165, 1.54) is 4.90 Å². The summed E-state index contributed by atoms with van der Waals surface area (Å²) in [6.45, 7) is 9.26. The fourth-order valence-electron chi connectivity index (χ4n) is 6.40. The van der Waals surface area contributed by atoms with Crippen molar-refractivity contribution in [3.8, 4) is 0 Å². The number of hydrogen-bond acceptors (Lipinski definition) is 5. The van der Waals surface area contributed by atoms with Crippen LogP contribution in [0.2, 0.25) is 0 Å². The second-order valence-electron chi connectivity index (χ2n) is 10.3. The van der Waals surface area contributed by atoms with Gasteiger partial charge in [-0.3, -0.25) is 14.4 Å². The largest absolute Gasteiger partial charge is 0.394 e. The molecule has 3 aliphatic rings. The Balaban J connectivity index is 1.82. The number of aliphatic hydroxyl groups is 1. The molecule has 1 aromatic carbocycles. The quantitative estimate of drug-likeness (QED) is 0.603. The van der Waals surface area contributed by atoms with Crippen molar-refractivity contribution < 1.29 is 24.2 Å². The molecule has 4 rings (SSSR count). The van der Waals surface area contributed by atoms with E-state index in [4.69, 9.17) is 4.74 Å². The summed E-state index contributed by atoms with van der Waals surface area (Å²) in [6.07, 6.45) is 1.09. The second-order valence-corrected chi connectivity index (χ2v) is 10.3. The van der Waals surface area contributed by atoms with Gasteiger partial charge in [0.1, 0.15) is 11.6 Å². The van der Waals surface area contributed by atoms with Crippen LogP contribution in [0.25, 0.3) is 0 Å². The third-order valence-corrected chi connectivity index (χ3v) is 8.03. The topological polar surface area (TPSA) is 108 Å². The molecule has 1 aromatic rings. The molecule has 0 radical (unpaired) electrons. The number of nitrogens with one attached hydrogen (secondary N) is 2. The number of aryl methyl sites for hydroxylation is 2. The summed E-state index contributed by atoms with van der Waals surface area (Å²) in [6, 6.07) is 4.27. The number of fused-ring (bicyclic) bond motifs is 1. The molecule has 33 heavy (non-hydrogen) atoms. The number of anilines is 1. The molecule has 3 N–H and O–H groups in total. The minimum Gasteiger partial charge on any atom is -0.394 e. The highest BCUT2D eigenvalue weighted by molar-refractivity contribution is 6.04. The van der Waals surface area contributed by atoms with Crippen molar-refractivity contribution >= 4 is 23.4 Å². The molecule has 2 unspecified atom stereocenters. The smallest absolute Gasteiger partial charge is 0.250 e. The fourth-order valence-corrected chi connectivity index (χ4v) is 6.40. The van der Waals surface area contributed by atoms with Crippen LogP contribution in [0.5, 0.6) is 0 Å². The van der Waals surface area contributed by atoms with E-state index in [0.29, 0.717) is 18.5 Å². The molecule has 0 aliphatic carbocycles. The van der Waals surface area contributed by atoms with Gasteiger partial charge >= 0.3 is 0 Å². The van der Waals surface area contributed by atoms with Crippen molar-refractivity contribution in [1.29, 1.82) is 0 Å². The van der Waals surface area contributed by atoms with Crippen molar-refractivity contribution in [3.05, 3.63) is 29.3 Å². The molecule has 0 saturated carbocycles. The summed E-state index contributed by atoms with van der Waals surface area (Å²) in [5.41, 5.74) is 0.633. The molecule has 1 spiro atoms. The maximum absolute atomic E-state index is 13.9. The predicted octanol–water partition coefficient (Wildman–Crippen LogP) is 1.77. The van der Waals surface area contributed by atoms with Gasteiger partial charge < -0.3 is 25.4 Å². The molecule has 0 aromatic heterocycles. The Morgan fingerprint density at radius 1 is 1.21 bits per heavy atom. The molecular formula is C25H35N3O5. The fraction of sp³-hybridized carbons (Fsp3) is 0.640. The van der Waals surface area contributed by atoms with Gasteiger partial charge in [0, 0.05) is 12.7 Å². The van der Waals surface area contributed by atoms with Gasteiger partial charge in [0.2, 0.25) is 17.7 Å². The number of carbonyl (C=O) groups is 3. The number of rotatable bonds is 6. The van der Waals surface area contributed by atoms with Crippen molar-refractivity contribution in [2.45, 2.75) is 70.7 Å². The average Bonchev–Trinajstić information content (AvgIpc) is 3.32. The number of hydrogen-bond donors (Lipinski definition) is 3. The Morgan fingerprint density at radius 2 is 1.85 bits per heavy atom. The van der Waals surface area contributed by atoms with Crippen LogP contribution in [0, 0.1) is 31.6 Å². The van der Waals surface area contributed by atoms with Crippen LogP contribution in [0.4, 0.5) is 5.69 Å². The third-order valence-electron chi connectivity index (χ3n) is 8.03. The SMILES string of the molecule is CNC(=O)[C@@H]1[C@H]2C(=O)N([C@@H](CO)C(C)C)C(C(=O)Nc3c(C)cccc3C)C23CC[C@@]1(C)O3. The van der Waals surface area contributed by atoms with Crippen LogP contribution >= 0.6 is 0 Å². The predicted molar refractivity (Wildman–Crippen MR) is 123 cm³/mol. The average molecular weight is 458 g/mol. The van der Waals surface area contributed by atoms with Gasteiger partial charge in [0.15, 0.2) is 0 Å². The van der Waals surface area contributed by atoms with E-state index in [9.17, 15) is 19.5 Å². The Labute approximate surface area is 195 Å². The summed E-state index contributed by atoms with van der Waals surface area (Å²) in [4.78, 5) is 42.3. The Hall–Kier alpha value is -2.45. The first-order valence-electron chi connectivity index (χ1n) is 11.7. The summed E-state index contributed by atoms with van der Waals surface area (Å²) in [5, 5.41) is 16.0. The lowest BCUT2D eigenvalue weighted by molar-refractivity contribution is -0.149. The van der Waals surface area contributed by atoms with Crippen LogP contribution < -0.4 is 10.6 Å². The van der Waals surface area contributed by atoms with Crippen LogP contribution in [0.15, 0.2) is 18.2 Å². The lowest BCUT2D eigenvalue weighted by Crippen LogP contribution is -2.57. The van der Waals surface area contributed by atoms with Crippen molar-refractivity contribution in [1.82, 2.24) is 10.2 Å². The molecular weight excluding hydrogens is 422 g/mol. The standard InChI is InChI=1S/C25H35N3O5/c1-13(2)16(12-29)28-20(22(31)27-19-14(3)8-7-9-15(19)4)25-11-10-24(5,33-25)17(21(30)26-6)18(25)23(28)32/h7-9,13,16-18,20,29H,10-12H2,1-6H3,(H,26,30)(H,27,31)/t16-,17-,18-,20?,24+,25?/m0/s1. The minimum atomic E-state index is -1.11. The lowest BCUT2D eigenvalue weighted by atomic mass is 9.66. The number of likely N-dealkylation sites (tertiary alicyclic amines) is 1. The highest BCUT2D eigenvalue weighted by Crippen LogP contribution is 2.63. The maximum Gasteiger partial charge on any atom is 0.250 e. The van der Waals surface area contributed by atoms with Crippen LogP contribution in [0.1, 0.15) is 44.7 Å². The van der Waals surface area contributed by atoms with E-state index in [2.05, 4.69) is 10.6 Å². The van der Waals surface area contributed by atoms with Crippen molar-refractivity contribution in [3.63, 3.8) is 0 Å². The molecule has 3 aliphatic heterocycles. The Bertz CT molecular complexity index is 974. The number of ether oxygens (including phenoxy) is 1.